The highest BCUT2D eigenvalue weighted by Gasteiger charge is 2.32. The summed E-state index contributed by atoms with van der Waals surface area (Å²) in [6, 6.07) is 24.1. The van der Waals surface area contributed by atoms with Crippen molar-refractivity contribution >= 4 is 27.5 Å². The topological polar surface area (TPSA) is 36.4 Å². The first-order valence-corrected chi connectivity index (χ1v) is 11.8. The third-order valence-electron chi connectivity index (χ3n) is 6.10. The number of aromatic nitrogens is 1. The number of hydrogen-bond acceptors (Lipinski definition) is 4. The molecule has 1 fully saturated rings. The van der Waals surface area contributed by atoms with Gasteiger partial charge in [0.15, 0.2) is 5.01 Å². The average Bonchev–Trinajstić information content (AvgIpc) is 3.29. The molecule has 3 aromatic carbocycles. The van der Waals surface area contributed by atoms with E-state index in [4.69, 9.17) is 0 Å². The predicted octanol–water partition coefficient (Wildman–Crippen LogP) is 5.86. The molecule has 1 aliphatic heterocycles. The lowest BCUT2D eigenvalue weighted by atomic mass is 9.96. The first-order chi connectivity index (χ1) is 16.4. The van der Waals surface area contributed by atoms with Gasteiger partial charge in [0.25, 0.3) is 5.91 Å². The molecule has 0 saturated carbocycles. The molecular formula is C26H22F3N3OS. The Morgan fingerprint density at radius 2 is 1.44 bits per heavy atom. The Morgan fingerprint density at radius 1 is 0.853 bits per heavy atom. The number of amides is 1. The Bertz CT molecular complexity index is 1240. The second-order valence-corrected chi connectivity index (χ2v) is 9.28. The van der Waals surface area contributed by atoms with Crippen LogP contribution in [0.4, 0.5) is 13.2 Å². The summed E-state index contributed by atoms with van der Waals surface area (Å²) in [5.74, 6) is -0.231. The summed E-state index contributed by atoms with van der Waals surface area (Å²) in [5.41, 5.74) is 1.83. The predicted molar refractivity (Wildman–Crippen MR) is 127 cm³/mol. The number of piperazine rings is 1. The van der Waals surface area contributed by atoms with E-state index in [1.807, 2.05) is 36.4 Å². The Hall–Kier alpha value is -3.23. The molecule has 2 heterocycles. The number of rotatable bonds is 4. The molecule has 0 aliphatic carbocycles. The first kappa shape index (κ1) is 22.6. The highest BCUT2D eigenvalue weighted by atomic mass is 32.1. The zero-order valence-electron chi connectivity index (χ0n) is 18.2. The van der Waals surface area contributed by atoms with Crippen LogP contribution in [0.2, 0.25) is 0 Å². The van der Waals surface area contributed by atoms with E-state index in [-0.39, 0.29) is 22.5 Å². The Labute approximate surface area is 199 Å². The summed E-state index contributed by atoms with van der Waals surface area (Å²) in [6.45, 7) is 2.42. The summed E-state index contributed by atoms with van der Waals surface area (Å²) >= 11 is 1.14. The van der Waals surface area contributed by atoms with Crippen molar-refractivity contribution in [1.82, 2.24) is 14.8 Å². The zero-order chi connectivity index (χ0) is 23.7. The maximum absolute atomic E-state index is 13.1. The van der Waals surface area contributed by atoms with Gasteiger partial charge in [-0.1, -0.05) is 60.7 Å². The molecule has 0 atom stereocenters. The summed E-state index contributed by atoms with van der Waals surface area (Å²) in [6.07, 6.45) is -4.44. The van der Waals surface area contributed by atoms with Gasteiger partial charge in [-0.2, -0.15) is 13.2 Å². The van der Waals surface area contributed by atoms with E-state index >= 15 is 0 Å². The van der Waals surface area contributed by atoms with E-state index in [1.165, 1.54) is 17.2 Å². The number of carbonyl (C=O) groups is 1. The third kappa shape index (κ3) is 4.56. The molecule has 5 rings (SSSR count). The minimum atomic E-state index is -4.44. The zero-order valence-corrected chi connectivity index (χ0v) is 19.0. The Morgan fingerprint density at radius 3 is 2.00 bits per heavy atom. The van der Waals surface area contributed by atoms with Gasteiger partial charge in [0, 0.05) is 26.2 Å². The van der Waals surface area contributed by atoms with Gasteiger partial charge < -0.3 is 4.90 Å². The fraction of sp³-hybridized carbons (Fsp3) is 0.231. The van der Waals surface area contributed by atoms with Gasteiger partial charge in [-0.15, -0.1) is 11.3 Å². The molecule has 0 spiro atoms. The van der Waals surface area contributed by atoms with Crippen LogP contribution in [-0.4, -0.2) is 46.9 Å². The van der Waals surface area contributed by atoms with Crippen LogP contribution in [0, 0.1) is 0 Å². The van der Waals surface area contributed by atoms with E-state index in [0.717, 1.165) is 23.5 Å². The normalized spacial score (nSPS) is 15.2. The van der Waals surface area contributed by atoms with Crippen LogP contribution < -0.4 is 0 Å². The Balaban J connectivity index is 1.33. The minimum absolute atomic E-state index is 0.0860. The van der Waals surface area contributed by atoms with Crippen molar-refractivity contribution in [2.24, 2.45) is 0 Å². The van der Waals surface area contributed by atoms with Crippen LogP contribution >= 0.6 is 11.3 Å². The molecule has 1 saturated heterocycles. The van der Waals surface area contributed by atoms with E-state index in [9.17, 15) is 18.0 Å². The maximum atomic E-state index is 13.1. The van der Waals surface area contributed by atoms with Gasteiger partial charge in [0.1, 0.15) is 0 Å². The van der Waals surface area contributed by atoms with Crippen LogP contribution in [0.3, 0.4) is 0 Å². The molecule has 0 radical (unpaired) electrons. The fourth-order valence-corrected chi connectivity index (χ4v) is 5.31. The van der Waals surface area contributed by atoms with E-state index < -0.39 is 11.7 Å². The van der Waals surface area contributed by atoms with Gasteiger partial charge in [-0.25, -0.2) is 4.98 Å². The van der Waals surface area contributed by atoms with Crippen molar-refractivity contribution in [2.45, 2.75) is 12.2 Å². The molecule has 1 amide bonds. The SMILES string of the molecule is O=C(c1nc2cc(C(F)(F)F)ccc2s1)N1CCN(C(c2ccccc2)c2ccccc2)CC1. The van der Waals surface area contributed by atoms with Crippen LogP contribution in [-0.2, 0) is 6.18 Å². The largest absolute Gasteiger partial charge is 0.416 e. The lowest BCUT2D eigenvalue weighted by molar-refractivity contribution is -0.137. The number of halogens is 3. The van der Waals surface area contributed by atoms with Crippen molar-refractivity contribution in [3.05, 3.63) is 101 Å². The molecule has 0 N–H and O–H groups in total. The summed E-state index contributed by atoms with van der Waals surface area (Å²) in [5, 5.41) is 0.227. The van der Waals surface area contributed by atoms with Crippen molar-refractivity contribution in [3.63, 3.8) is 0 Å². The summed E-state index contributed by atoms with van der Waals surface area (Å²) < 4.78 is 39.6. The van der Waals surface area contributed by atoms with Crippen LogP contribution in [0.5, 0.6) is 0 Å². The molecular weight excluding hydrogens is 459 g/mol. The monoisotopic (exact) mass is 481 g/mol. The number of fused-ring (bicyclic) bond motifs is 1. The number of benzene rings is 3. The van der Waals surface area contributed by atoms with Gasteiger partial charge in [0.2, 0.25) is 0 Å². The number of carbonyl (C=O) groups excluding carboxylic acids is 1. The van der Waals surface area contributed by atoms with E-state index in [0.29, 0.717) is 30.9 Å². The summed E-state index contributed by atoms with van der Waals surface area (Å²) in [4.78, 5) is 21.4. The Kier molecular flexibility index (Phi) is 6.10. The highest BCUT2D eigenvalue weighted by molar-refractivity contribution is 7.20. The smallest absolute Gasteiger partial charge is 0.334 e. The van der Waals surface area contributed by atoms with Gasteiger partial charge >= 0.3 is 6.18 Å². The first-order valence-electron chi connectivity index (χ1n) is 11.0. The number of thiazole rings is 1. The van der Waals surface area contributed by atoms with Gasteiger partial charge in [0.05, 0.1) is 21.8 Å². The molecule has 0 bridgehead atoms. The molecule has 1 aromatic heterocycles. The molecule has 8 heteroatoms. The van der Waals surface area contributed by atoms with E-state index in [2.05, 4.69) is 34.1 Å². The molecule has 1 aliphatic rings. The molecule has 34 heavy (non-hydrogen) atoms. The minimum Gasteiger partial charge on any atom is -0.334 e. The van der Waals surface area contributed by atoms with Crippen LogP contribution in [0.25, 0.3) is 10.2 Å². The second kappa shape index (κ2) is 9.19. The lowest BCUT2D eigenvalue weighted by Crippen LogP contribution is -2.49. The number of nitrogens with zero attached hydrogens (tertiary/aromatic N) is 3. The highest BCUT2D eigenvalue weighted by Crippen LogP contribution is 2.34. The van der Waals surface area contributed by atoms with Crippen molar-refractivity contribution in [1.29, 1.82) is 0 Å². The van der Waals surface area contributed by atoms with Gasteiger partial charge in [-0.3, -0.25) is 9.69 Å². The van der Waals surface area contributed by atoms with Crippen molar-refractivity contribution in [3.8, 4) is 0 Å². The standard InChI is InChI=1S/C26H22F3N3OS/c27-26(28,29)20-11-12-22-21(17-20)30-24(34-22)25(33)32-15-13-31(14-16-32)23(18-7-3-1-4-8-18)19-9-5-2-6-10-19/h1-12,17,23H,13-16H2. The molecule has 174 valence electrons. The van der Waals surface area contributed by atoms with Crippen molar-refractivity contribution < 1.29 is 18.0 Å². The molecule has 0 unspecified atom stereocenters. The fourth-order valence-electron chi connectivity index (χ4n) is 4.40. The molecule has 4 nitrogen and oxygen atoms in total. The number of alkyl halides is 3. The third-order valence-corrected chi connectivity index (χ3v) is 7.12. The van der Waals surface area contributed by atoms with Crippen LogP contribution in [0.1, 0.15) is 32.5 Å². The summed E-state index contributed by atoms with van der Waals surface area (Å²) in [7, 11) is 0. The maximum Gasteiger partial charge on any atom is 0.416 e. The van der Waals surface area contributed by atoms with Crippen LogP contribution in [0.15, 0.2) is 78.9 Å². The molecule has 4 aromatic rings. The van der Waals surface area contributed by atoms with Gasteiger partial charge in [-0.05, 0) is 29.3 Å². The second-order valence-electron chi connectivity index (χ2n) is 8.25. The van der Waals surface area contributed by atoms with Crippen molar-refractivity contribution in [2.75, 3.05) is 26.2 Å². The quantitative estimate of drug-likeness (QED) is 0.366. The lowest BCUT2D eigenvalue weighted by Gasteiger charge is -2.39. The average molecular weight is 482 g/mol. The van der Waals surface area contributed by atoms with E-state index in [1.54, 1.807) is 4.90 Å². The number of hydrogen-bond donors (Lipinski definition) is 0.